The van der Waals surface area contributed by atoms with Crippen LogP contribution in [0.1, 0.15) is 30.6 Å². The maximum atomic E-state index is 12.1. The summed E-state index contributed by atoms with van der Waals surface area (Å²) in [5.74, 6) is 0.953. The Hall–Kier alpha value is -1.27. The van der Waals surface area contributed by atoms with E-state index in [0.717, 1.165) is 6.42 Å². The van der Waals surface area contributed by atoms with Gasteiger partial charge < -0.3 is 19.5 Å². The molecular weight excluding hydrogens is 338 g/mol. The number of amides is 1. The summed E-state index contributed by atoms with van der Waals surface area (Å²) in [6.07, 6.45) is 0.982. The van der Waals surface area contributed by atoms with Crippen molar-refractivity contribution >= 4 is 21.8 Å². The summed E-state index contributed by atoms with van der Waals surface area (Å²) in [6.45, 7) is 5.16. The molecule has 1 N–H and O–H groups in total. The highest BCUT2D eigenvalue weighted by Gasteiger charge is 2.14. The van der Waals surface area contributed by atoms with E-state index in [-0.39, 0.29) is 12.0 Å². The number of benzene rings is 1. The maximum absolute atomic E-state index is 12.1. The van der Waals surface area contributed by atoms with Gasteiger partial charge in [0, 0.05) is 18.7 Å². The topological polar surface area (TPSA) is 56.8 Å². The Morgan fingerprint density at radius 3 is 2.29 bits per heavy atom. The van der Waals surface area contributed by atoms with Crippen molar-refractivity contribution in [3.8, 4) is 11.5 Å². The second kappa shape index (κ2) is 8.89. The maximum Gasteiger partial charge on any atom is 0.251 e. The molecule has 0 atom stereocenters. The summed E-state index contributed by atoms with van der Waals surface area (Å²) >= 11 is 3.37. The van der Waals surface area contributed by atoms with E-state index in [0.29, 0.717) is 34.7 Å². The molecule has 0 bridgehead atoms. The average Bonchev–Trinajstić information content (AvgIpc) is 2.46. The van der Waals surface area contributed by atoms with Crippen molar-refractivity contribution in [2.75, 3.05) is 27.4 Å². The number of rotatable bonds is 8. The van der Waals surface area contributed by atoms with E-state index in [1.165, 1.54) is 0 Å². The van der Waals surface area contributed by atoms with Gasteiger partial charge in [0.1, 0.15) is 16.0 Å². The third-order valence-corrected chi connectivity index (χ3v) is 3.55. The van der Waals surface area contributed by atoms with Crippen LogP contribution in [0.15, 0.2) is 16.6 Å². The Labute approximate surface area is 134 Å². The molecule has 6 heteroatoms. The lowest BCUT2D eigenvalue weighted by Crippen LogP contribution is -2.25. The number of hydrogen-bond donors (Lipinski definition) is 1. The van der Waals surface area contributed by atoms with Crippen molar-refractivity contribution in [1.82, 2.24) is 5.32 Å². The van der Waals surface area contributed by atoms with Crippen LogP contribution in [0.25, 0.3) is 0 Å². The first-order chi connectivity index (χ1) is 9.99. The molecule has 1 amide bonds. The summed E-state index contributed by atoms with van der Waals surface area (Å²) in [5.41, 5.74) is 0.497. The number of ether oxygens (including phenoxy) is 3. The van der Waals surface area contributed by atoms with Crippen LogP contribution in [0.5, 0.6) is 11.5 Å². The molecule has 0 spiro atoms. The largest absolute Gasteiger partial charge is 0.495 e. The van der Waals surface area contributed by atoms with E-state index >= 15 is 0 Å². The fourth-order valence-electron chi connectivity index (χ4n) is 1.70. The highest BCUT2D eigenvalue weighted by atomic mass is 79.9. The Balaban J connectivity index is 2.61. The van der Waals surface area contributed by atoms with Crippen LogP contribution in [-0.2, 0) is 4.74 Å². The van der Waals surface area contributed by atoms with Crippen molar-refractivity contribution in [2.45, 2.75) is 26.4 Å². The third-order valence-electron chi connectivity index (χ3n) is 2.77. The predicted octanol–water partition coefficient (Wildman–Crippen LogP) is 3.01. The SMILES string of the molecule is COc1cc(C(=O)NCCCOC(C)C)cc(OC)c1Br. The minimum absolute atomic E-state index is 0.163. The molecule has 1 rings (SSSR count). The van der Waals surface area contributed by atoms with Crippen molar-refractivity contribution in [3.05, 3.63) is 22.2 Å². The van der Waals surface area contributed by atoms with Gasteiger partial charge in [-0.3, -0.25) is 4.79 Å². The van der Waals surface area contributed by atoms with Gasteiger partial charge in [0.2, 0.25) is 0 Å². The van der Waals surface area contributed by atoms with Gasteiger partial charge in [-0.1, -0.05) is 0 Å². The molecule has 21 heavy (non-hydrogen) atoms. The first-order valence-electron chi connectivity index (χ1n) is 6.81. The van der Waals surface area contributed by atoms with Gasteiger partial charge in [0.25, 0.3) is 5.91 Å². The van der Waals surface area contributed by atoms with E-state index in [1.807, 2.05) is 13.8 Å². The van der Waals surface area contributed by atoms with Gasteiger partial charge in [-0.2, -0.15) is 0 Å². The molecule has 0 radical (unpaired) electrons. The van der Waals surface area contributed by atoms with Crippen LogP contribution in [0.4, 0.5) is 0 Å². The smallest absolute Gasteiger partial charge is 0.251 e. The zero-order chi connectivity index (χ0) is 15.8. The molecule has 1 aromatic rings. The standard InChI is InChI=1S/C15H22BrNO4/c1-10(2)21-7-5-6-17-15(18)11-8-12(19-3)14(16)13(9-11)20-4/h8-10H,5-7H2,1-4H3,(H,17,18). The van der Waals surface area contributed by atoms with Crippen LogP contribution < -0.4 is 14.8 Å². The van der Waals surface area contributed by atoms with E-state index in [1.54, 1.807) is 26.4 Å². The van der Waals surface area contributed by atoms with Crippen LogP contribution in [-0.4, -0.2) is 39.4 Å². The number of carbonyl (C=O) groups excluding carboxylic acids is 1. The summed E-state index contributed by atoms with van der Waals surface area (Å²) in [4.78, 5) is 12.1. The van der Waals surface area contributed by atoms with Crippen LogP contribution in [0.2, 0.25) is 0 Å². The summed E-state index contributed by atoms with van der Waals surface area (Å²) < 4.78 is 16.6. The summed E-state index contributed by atoms with van der Waals surface area (Å²) in [6, 6.07) is 3.35. The van der Waals surface area contributed by atoms with Crippen molar-refractivity contribution < 1.29 is 19.0 Å². The fraction of sp³-hybridized carbons (Fsp3) is 0.533. The number of hydrogen-bond acceptors (Lipinski definition) is 4. The van der Waals surface area contributed by atoms with E-state index < -0.39 is 0 Å². The van der Waals surface area contributed by atoms with Gasteiger partial charge in [0.05, 0.1) is 20.3 Å². The number of nitrogens with one attached hydrogen (secondary N) is 1. The number of carbonyl (C=O) groups is 1. The third kappa shape index (κ3) is 5.55. The molecule has 0 aromatic heterocycles. The molecule has 0 saturated carbocycles. The average molecular weight is 360 g/mol. The molecule has 0 unspecified atom stereocenters. The lowest BCUT2D eigenvalue weighted by molar-refractivity contribution is 0.0757. The van der Waals surface area contributed by atoms with Crippen molar-refractivity contribution in [1.29, 1.82) is 0 Å². The van der Waals surface area contributed by atoms with Gasteiger partial charge in [-0.15, -0.1) is 0 Å². The normalized spacial score (nSPS) is 10.6. The zero-order valence-electron chi connectivity index (χ0n) is 12.9. The Morgan fingerprint density at radius 1 is 1.24 bits per heavy atom. The molecule has 0 aliphatic heterocycles. The van der Waals surface area contributed by atoms with Crippen LogP contribution >= 0.6 is 15.9 Å². The van der Waals surface area contributed by atoms with E-state index in [2.05, 4.69) is 21.2 Å². The number of halogens is 1. The molecule has 0 aliphatic carbocycles. The second-order valence-corrected chi connectivity index (χ2v) is 5.52. The minimum Gasteiger partial charge on any atom is -0.495 e. The van der Waals surface area contributed by atoms with Crippen LogP contribution in [0.3, 0.4) is 0 Å². The zero-order valence-corrected chi connectivity index (χ0v) is 14.5. The lowest BCUT2D eigenvalue weighted by Gasteiger charge is -2.12. The molecule has 0 aliphatic rings. The summed E-state index contributed by atoms with van der Waals surface area (Å²) in [7, 11) is 3.09. The summed E-state index contributed by atoms with van der Waals surface area (Å²) in [5, 5.41) is 2.85. The Bertz CT molecular complexity index is 452. The first-order valence-corrected chi connectivity index (χ1v) is 7.60. The molecule has 0 saturated heterocycles. The highest BCUT2D eigenvalue weighted by molar-refractivity contribution is 9.10. The highest BCUT2D eigenvalue weighted by Crippen LogP contribution is 2.35. The first kappa shape index (κ1) is 17.8. The molecule has 118 valence electrons. The van der Waals surface area contributed by atoms with Crippen molar-refractivity contribution in [3.63, 3.8) is 0 Å². The van der Waals surface area contributed by atoms with Gasteiger partial charge in [0.15, 0.2) is 0 Å². The molecule has 0 fully saturated rings. The predicted molar refractivity (Wildman–Crippen MR) is 85.3 cm³/mol. The van der Waals surface area contributed by atoms with Gasteiger partial charge in [-0.05, 0) is 48.3 Å². The Morgan fingerprint density at radius 2 is 1.81 bits per heavy atom. The van der Waals surface area contributed by atoms with Gasteiger partial charge in [-0.25, -0.2) is 0 Å². The molecule has 5 nitrogen and oxygen atoms in total. The quantitative estimate of drug-likeness (QED) is 0.724. The second-order valence-electron chi connectivity index (χ2n) is 4.72. The minimum atomic E-state index is -0.163. The van der Waals surface area contributed by atoms with Crippen molar-refractivity contribution in [2.24, 2.45) is 0 Å². The number of methoxy groups -OCH3 is 2. The molecule has 0 heterocycles. The monoisotopic (exact) mass is 359 g/mol. The van der Waals surface area contributed by atoms with E-state index in [9.17, 15) is 4.79 Å². The Kier molecular flexibility index (Phi) is 7.53. The lowest BCUT2D eigenvalue weighted by atomic mass is 10.2. The van der Waals surface area contributed by atoms with E-state index in [4.69, 9.17) is 14.2 Å². The molecule has 1 aromatic carbocycles. The van der Waals surface area contributed by atoms with Gasteiger partial charge >= 0.3 is 0 Å². The van der Waals surface area contributed by atoms with Crippen LogP contribution in [0, 0.1) is 0 Å². The fourth-order valence-corrected chi connectivity index (χ4v) is 2.25. The molecular formula is C15H22BrNO4.